The van der Waals surface area contributed by atoms with Gasteiger partial charge in [-0.2, -0.15) is 5.10 Å². The lowest BCUT2D eigenvalue weighted by molar-refractivity contribution is -0.307. The molecule has 0 amide bonds. The summed E-state index contributed by atoms with van der Waals surface area (Å²) < 4.78 is 5.04. The molecule has 0 bridgehead atoms. The minimum absolute atomic E-state index is 0.464. The van der Waals surface area contributed by atoms with Gasteiger partial charge in [0, 0.05) is 4.88 Å². The number of ether oxygens (including phenoxy) is 1. The van der Waals surface area contributed by atoms with Gasteiger partial charge in [-0.25, -0.2) is 9.97 Å². The number of fused-ring (bicyclic) bond motifs is 3. The van der Waals surface area contributed by atoms with Gasteiger partial charge < -0.3 is 14.6 Å². The minimum Gasteiger partial charge on any atom is -0.546 e. The largest absolute Gasteiger partial charge is 0.546 e. The Kier molecular flexibility index (Phi) is 4.49. The Balaban J connectivity index is 1.47. The maximum atomic E-state index is 10.4. The molecule has 1 aliphatic carbocycles. The van der Waals surface area contributed by atoms with Crippen molar-refractivity contribution in [3.05, 3.63) is 46.6 Å². The summed E-state index contributed by atoms with van der Waals surface area (Å²) in [6.07, 6.45) is 6.58. The highest BCUT2D eigenvalue weighted by Crippen LogP contribution is 2.38. The molecule has 1 aliphatic rings. The van der Waals surface area contributed by atoms with Crippen LogP contribution >= 0.6 is 11.3 Å². The number of aliphatic carboxylic acids is 1. The van der Waals surface area contributed by atoms with Gasteiger partial charge in [0.05, 0.1) is 17.6 Å². The summed E-state index contributed by atoms with van der Waals surface area (Å²) in [5.74, 6) is -0.0684. The van der Waals surface area contributed by atoms with E-state index >= 15 is 0 Å². The zero-order valence-corrected chi connectivity index (χ0v) is 14.6. The molecule has 0 aliphatic heterocycles. The Bertz CT molecular complexity index is 982. The number of benzene rings is 1. The summed E-state index contributed by atoms with van der Waals surface area (Å²) in [6.45, 7) is -0.469. The number of aryl methyl sites for hydroxylation is 2. The molecule has 0 saturated heterocycles. The van der Waals surface area contributed by atoms with Crippen LogP contribution in [0.5, 0.6) is 5.75 Å². The van der Waals surface area contributed by atoms with E-state index in [2.05, 4.69) is 20.5 Å². The topological polar surface area (TPSA) is 99.5 Å². The number of carboxylic acid groups (broad SMARTS) is 1. The first-order valence-corrected chi connectivity index (χ1v) is 8.99. The highest BCUT2D eigenvalue weighted by Gasteiger charge is 2.20. The summed E-state index contributed by atoms with van der Waals surface area (Å²) in [4.78, 5) is 21.5. The fraction of sp³-hybridized carbons (Fsp3) is 0.222. The Morgan fingerprint density at radius 1 is 1.31 bits per heavy atom. The fourth-order valence-corrected chi connectivity index (χ4v) is 4.20. The first kappa shape index (κ1) is 16.5. The minimum atomic E-state index is -1.25. The average molecular weight is 367 g/mol. The molecule has 8 heteroatoms. The predicted octanol–water partition coefficient (Wildman–Crippen LogP) is 1.75. The number of anilines is 1. The van der Waals surface area contributed by atoms with E-state index in [9.17, 15) is 9.90 Å². The molecule has 0 saturated carbocycles. The highest BCUT2D eigenvalue weighted by molar-refractivity contribution is 7.19. The van der Waals surface area contributed by atoms with E-state index in [-0.39, 0.29) is 0 Å². The molecule has 0 atom stereocenters. The van der Waals surface area contributed by atoms with Gasteiger partial charge in [-0.15, -0.1) is 11.3 Å². The Morgan fingerprint density at radius 3 is 2.96 bits per heavy atom. The average Bonchev–Trinajstić information content (AvgIpc) is 3.22. The van der Waals surface area contributed by atoms with Crippen molar-refractivity contribution in [2.45, 2.75) is 19.3 Å². The second-order valence-electron chi connectivity index (χ2n) is 5.86. The highest BCUT2D eigenvalue weighted by atomic mass is 32.1. The number of hydrazone groups is 1. The molecule has 0 radical (unpaired) electrons. The van der Waals surface area contributed by atoms with Crippen LogP contribution < -0.4 is 15.3 Å². The van der Waals surface area contributed by atoms with E-state index in [4.69, 9.17) is 4.74 Å². The zero-order chi connectivity index (χ0) is 17.9. The quantitative estimate of drug-likeness (QED) is 0.526. The third kappa shape index (κ3) is 3.36. The first-order valence-electron chi connectivity index (χ1n) is 8.18. The summed E-state index contributed by atoms with van der Waals surface area (Å²) in [6, 6.07) is 6.93. The van der Waals surface area contributed by atoms with Gasteiger partial charge in [0.1, 0.15) is 23.5 Å². The summed E-state index contributed by atoms with van der Waals surface area (Å²) >= 11 is 1.74. The van der Waals surface area contributed by atoms with Gasteiger partial charge in [-0.1, -0.05) is 0 Å². The first-order chi connectivity index (χ1) is 12.7. The molecule has 2 heterocycles. The van der Waals surface area contributed by atoms with E-state index in [1.165, 1.54) is 16.9 Å². The van der Waals surface area contributed by atoms with Crippen LogP contribution in [-0.4, -0.2) is 28.8 Å². The van der Waals surface area contributed by atoms with Crippen molar-refractivity contribution in [2.24, 2.45) is 5.10 Å². The Morgan fingerprint density at radius 2 is 2.15 bits per heavy atom. The maximum Gasteiger partial charge on any atom is 0.158 e. The number of carboxylic acids is 1. The lowest BCUT2D eigenvalue weighted by Crippen LogP contribution is -2.28. The van der Waals surface area contributed by atoms with Crippen LogP contribution in [0.3, 0.4) is 0 Å². The fourth-order valence-electron chi connectivity index (χ4n) is 2.97. The van der Waals surface area contributed by atoms with Crippen molar-refractivity contribution in [2.75, 3.05) is 12.0 Å². The number of nitrogens with one attached hydrogen (secondary N) is 1. The van der Waals surface area contributed by atoms with E-state index in [0.717, 1.165) is 34.4 Å². The molecular formula is C18H15N4O3S-. The van der Waals surface area contributed by atoms with Crippen molar-refractivity contribution >= 4 is 39.6 Å². The third-order valence-corrected chi connectivity index (χ3v) is 5.32. The lowest BCUT2D eigenvalue weighted by atomic mass is 10.2. The standard InChI is InChI=1S/C18H16N4O3S/c23-15(24)9-25-12-6-4-11(5-7-12)8-21-22-17-16-13-2-1-3-14(13)26-18(16)20-10-19-17/h4-8,10H,1-3,9H2,(H,23,24)(H,19,20,22)/p-1/b21-8-. The number of hydrogen-bond donors (Lipinski definition) is 1. The number of carbonyl (C=O) groups is 1. The van der Waals surface area contributed by atoms with Crippen LogP contribution in [0.1, 0.15) is 22.4 Å². The van der Waals surface area contributed by atoms with Crippen molar-refractivity contribution in [1.29, 1.82) is 0 Å². The smallest absolute Gasteiger partial charge is 0.158 e. The second-order valence-corrected chi connectivity index (χ2v) is 6.94. The molecule has 26 heavy (non-hydrogen) atoms. The molecule has 2 aromatic heterocycles. The molecule has 0 spiro atoms. The van der Waals surface area contributed by atoms with Gasteiger partial charge in [0.2, 0.25) is 0 Å². The van der Waals surface area contributed by atoms with Gasteiger partial charge in [-0.05, 0) is 54.7 Å². The van der Waals surface area contributed by atoms with Gasteiger partial charge in [-0.3, -0.25) is 5.43 Å². The lowest BCUT2D eigenvalue weighted by Gasteiger charge is -2.06. The molecule has 0 unspecified atom stereocenters. The maximum absolute atomic E-state index is 10.4. The number of hydrogen-bond acceptors (Lipinski definition) is 8. The van der Waals surface area contributed by atoms with Crippen LogP contribution in [0.15, 0.2) is 35.7 Å². The second kappa shape index (κ2) is 7.09. The van der Waals surface area contributed by atoms with E-state index in [1.807, 2.05) is 0 Å². The van der Waals surface area contributed by atoms with Crippen LogP contribution in [0, 0.1) is 0 Å². The van der Waals surface area contributed by atoms with Crippen molar-refractivity contribution in [3.8, 4) is 5.75 Å². The van der Waals surface area contributed by atoms with E-state index in [0.29, 0.717) is 5.75 Å². The van der Waals surface area contributed by atoms with Crippen LogP contribution in [-0.2, 0) is 17.6 Å². The number of thiophene rings is 1. The number of carbonyl (C=O) groups excluding carboxylic acids is 1. The Hall–Kier alpha value is -3.00. The molecule has 4 rings (SSSR count). The SMILES string of the molecule is O=C([O-])COc1ccc(/C=N\Nc2ncnc3sc4c(c23)CCC4)cc1. The predicted molar refractivity (Wildman–Crippen MR) is 97.6 cm³/mol. The van der Waals surface area contributed by atoms with Crippen molar-refractivity contribution < 1.29 is 14.6 Å². The molecular weight excluding hydrogens is 352 g/mol. The van der Waals surface area contributed by atoms with Gasteiger partial charge >= 0.3 is 0 Å². The Labute approximate surface area is 153 Å². The van der Waals surface area contributed by atoms with Gasteiger partial charge in [0.15, 0.2) is 5.82 Å². The molecule has 132 valence electrons. The molecule has 7 nitrogen and oxygen atoms in total. The monoisotopic (exact) mass is 367 g/mol. The van der Waals surface area contributed by atoms with Crippen molar-refractivity contribution in [3.63, 3.8) is 0 Å². The van der Waals surface area contributed by atoms with Crippen LogP contribution in [0.2, 0.25) is 0 Å². The molecule has 1 aromatic carbocycles. The summed E-state index contributed by atoms with van der Waals surface area (Å²) in [7, 11) is 0. The van der Waals surface area contributed by atoms with Crippen LogP contribution in [0.25, 0.3) is 10.2 Å². The van der Waals surface area contributed by atoms with E-state index < -0.39 is 12.6 Å². The number of nitrogens with zero attached hydrogens (tertiary/aromatic N) is 3. The molecule has 0 fully saturated rings. The number of aromatic nitrogens is 2. The van der Waals surface area contributed by atoms with E-state index in [1.54, 1.807) is 48.1 Å². The third-order valence-electron chi connectivity index (χ3n) is 4.12. The molecule has 3 aromatic rings. The molecule has 1 N–H and O–H groups in total. The van der Waals surface area contributed by atoms with Crippen molar-refractivity contribution in [1.82, 2.24) is 9.97 Å². The number of rotatable bonds is 6. The van der Waals surface area contributed by atoms with Gasteiger partial charge in [0.25, 0.3) is 0 Å². The summed E-state index contributed by atoms with van der Waals surface area (Å²) in [5, 5.41) is 15.7. The summed E-state index contributed by atoms with van der Waals surface area (Å²) in [5.41, 5.74) is 5.21. The zero-order valence-electron chi connectivity index (χ0n) is 13.8. The van der Waals surface area contributed by atoms with Crippen LogP contribution in [0.4, 0.5) is 5.82 Å². The normalized spacial score (nSPS) is 13.2.